The molecule has 0 saturated carbocycles. The van der Waals surface area contributed by atoms with Gasteiger partial charge in [0.25, 0.3) is 5.91 Å². The molecule has 1 aromatic heterocycles. The van der Waals surface area contributed by atoms with Crippen LogP contribution in [0.25, 0.3) is 0 Å². The Morgan fingerprint density at radius 3 is 2.91 bits per heavy atom. The molecule has 1 unspecified atom stereocenters. The molecule has 1 saturated heterocycles. The SMILES string of the molecule is C=NC(=O)c1cnc(NC2CCCNC2)nc1C(CC)CC. The van der Waals surface area contributed by atoms with E-state index in [4.69, 9.17) is 0 Å². The monoisotopic (exact) mass is 303 g/mol. The molecular formula is C16H25N5O. The van der Waals surface area contributed by atoms with Gasteiger partial charge in [-0.15, -0.1) is 0 Å². The Labute approximate surface area is 131 Å². The Morgan fingerprint density at radius 1 is 1.55 bits per heavy atom. The molecule has 0 aromatic carbocycles. The quantitative estimate of drug-likeness (QED) is 0.789. The van der Waals surface area contributed by atoms with Gasteiger partial charge < -0.3 is 10.6 Å². The van der Waals surface area contributed by atoms with Crippen LogP contribution in [0.5, 0.6) is 0 Å². The Kier molecular flexibility index (Phi) is 6.00. The number of aliphatic imine (C=N–C) groups is 1. The first kappa shape index (κ1) is 16.5. The van der Waals surface area contributed by atoms with E-state index in [2.05, 4.69) is 46.2 Å². The van der Waals surface area contributed by atoms with Crippen LogP contribution in [0.4, 0.5) is 5.95 Å². The molecule has 120 valence electrons. The average Bonchev–Trinajstić information content (AvgIpc) is 2.56. The molecular weight excluding hydrogens is 278 g/mol. The zero-order chi connectivity index (χ0) is 15.9. The predicted molar refractivity (Wildman–Crippen MR) is 88.7 cm³/mol. The number of nitrogens with zero attached hydrogens (tertiary/aromatic N) is 3. The summed E-state index contributed by atoms with van der Waals surface area (Å²) < 4.78 is 0. The van der Waals surface area contributed by atoms with Gasteiger partial charge in [0.1, 0.15) is 0 Å². The number of piperidine rings is 1. The van der Waals surface area contributed by atoms with Crippen molar-refractivity contribution in [1.29, 1.82) is 0 Å². The molecule has 22 heavy (non-hydrogen) atoms. The van der Waals surface area contributed by atoms with Gasteiger partial charge in [0.2, 0.25) is 5.95 Å². The summed E-state index contributed by atoms with van der Waals surface area (Å²) in [6.45, 7) is 9.51. The largest absolute Gasteiger partial charge is 0.350 e. The maximum atomic E-state index is 11.9. The third-order valence-corrected chi connectivity index (χ3v) is 4.19. The fraction of sp³-hybridized carbons (Fsp3) is 0.625. The summed E-state index contributed by atoms with van der Waals surface area (Å²) in [5.41, 5.74) is 1.25. The molecule has 1 atom stereocenters. The van der Waals surface area contributed by atoms with E-state index in [0.717, 1.165) is 44.5 Å². The Bertz CT molecular complexity index is 521. The summed E-state index contributed by atoms with van der Waals surface area (Å²) in [7, 11) is 0. The normalized spacial score (nSPS) is 18.2. The number of carbonyl (C=O) groups excluding carboxylic acids is 1. The lowest BCUT2D eigenvalue weighted by Crippen LogP contribution is -2.38. The maximum absolute atomic E-state index is 11.9. The minimum atomic E-state index is -0.354. The molecule has 1 fully saturated rings. The summed E-state index contributed by atoms with van der Waals surface area (Å²) in [6.07, 6.45) is 5.68. The van der Waals surface area contributed by atoms with Crippen molar-refractivity contribution in [1.82, 2.24) is 15.3 Å². The second kappa shape index (κ2) is 7.98. The third kappa shape index (κ3) is 3.88. The smallest absolute Gasteiger partial charge is 0.279 e. The van der Waals surface area contributed by atoms with Gasteiger partial charge in [-0.1, -0.05) is 13.8 Å². The van der Waals surface area contributed by atoms with E-state index in [9.17, 15) is 4.79 Å². The second-order valence-corrected chi connectivity index (χ2v) is 5.66. The lowest BCUT2D eigenvalue weighted by atomic mass is 9.95. The molecule has 0 spiro atoms. The molecule has 0 radical (unpaired) electrons. The fourth-order valence-electron chi connectivity index (χ4n) is 2.86. The highest BCUT2D eigenvalue weighted by Gasteiger charge is 2.21. The number of rotatable bonds is 6. The highest BCUT2D eigenvalue weighted by atomic mass is 16.1. The van der Waals surface area contributed by atoms with Gasteiger partial charge in [-0.05, 0) is 38.9 Å². The highest BCUT2D eigenvalue weighted by molar-refractivity contribution is 5.97. The molecule has 1 aliphatic rings. The molecule has 0 aliphatic carbocycles. The predicted octanol–water partition coefficient (Wildman–Crippen LogP) is 2.38. The molecule has 0 bridgehead atoms. The van der Waals surface area contributed by atoms with E-state index in [1.807, 2.05) is 0 Å². The Morgan fingerprint density at radius 2 is 2.32 bits per heavy atom. The minimum absolute atomic E-state index is 0.230. The van der Waals surface area contributed by atoms with Crippen molar-refractivity contribution in [3.8, 4) is 0 Å². The van der Waals surface area contributed by atoms with Gasteiger partial charge in [-0.25, -0.2) is 15.0 Å². The van der Waals surface area contributed by atoms with Gasteiger partial charge in [0.15, 0.2) is 0 Å². The van der Waals surface area contributed by atoms with Crippen molar-refractivity contribution in [2.45, 2.75) is 51.5 Å². The number of aromatic nitrogens is 2. The van der Waals surface area contributed by atoms with Crippen LogP contribution in [-0.2, 0) is 0 Å². The minimum Gasteiger partial charge on any atom is -0.350 e. The van der Waals surface area contributed by atoms with Crippen LogP contribution in [0.3, 0.4) is 0 Å². The van der Waals surface area contributed by atoms with E-state index in [0.29, 0.717) is 17.6 Å². The highest BCUT2D eigenvalue weighted by Crippen LogP contribution is 2.26. The number of hydrogen-bond acceptors (Lipinski definition) is 5. The molecule has 2 rings (SSSR count). The molecule has 2 heterocycles. The summed E-state index contributed by atoms with van der Waals surface area (Å²) >= 11 is 0. The van der Waals surface area contributed by atoms with E-state index in [-0.39, 0.29) is 11.8 Å². The molecule has 6 heteroatoms. The Hall–Kier alpha value is -1.82. The first-order valence-electron chi connectivity index (χ1n) is 8.04. The number of nitrogens with one attached hydrogen (secondary N) is 2. The van der Waals surface area contributed by atoms with E-state index >= 15 is 0 Å². The zero-order valence-electron chi connectivity index (χ0n) is 13.4. The van der Waals surface area contributed by atoms with Crippen LogP contribution < -0.4 is 10.6 Å². The number of anilines is 1. The van der Waals surface area contributed by atoms with Crippen molar-refractivity contribution in [3.05, 3.63) is 17.5 Å². The maximum Gasteiger partial charge on any atom is 0.279 e. The lowest BCUT2D eigenvalue weighted by Gasteiger charge is -2.24. The summed E-state index contributed by atoms with van der Waals surface area (Å²) in [6, 6.07) is 0.336. The number of carbonyl (C=O) groups is 1. The Balaban J connectivity index is 2.26. The van der Waals surface area contributed by atoms with E-state index in [1.54, 1.807) is 6.20 Å². The molecule has 1 aliphatic heterocycles. The van der Waals surface area contributed by atoms with Crippen molar-refractivity contribution < 1.29 is 4.79 Å². The van der Waals surface area contributed by atoms with Crippen LogP contribution in [0.2, 0.25) is 0 Å². The van der Waals surface area contributed by atoms with E-state index < -0.39 is 0 Å². The van der Waals surface area contributed by atoms with Crippen molar-refractivity contribution in [2.75, 3.05) is 18.4 Å². The van der Waals surface area contributed by atoms with Gasteiger partial charge in [-0.2, -0.15) is 0 Å². The van der Waals surface area contributed by atoms with Crippen LogP contribution in [-0.4, -0.2) is 41.7 Å². The molecule has 1 aromatic rings. The average molecular weight is 303 g/mol. The molecule has 1 amide bonds. The van der Waals surface area contributed by atoms with Crippen molar-refractivity contribution >= 4 is 18.6 Å². The van der Waals surface area contributed by atoms with Gasteiger partial charge in [0, 0.05) is 24.7 Å². The van der Waals surface area contributed by atoms with Gasteiger partial charge >= 0.3 is 0 Å². The lowest BCUT2D eigenvalue weighted by molar-refractivity contribution is 0.100. The first-order chi connectivity index (χ1) is 10.7. The fourth-order valence-corrected chi connectivity index (χ4v) is 2.86. The summed E-state index contributed by atoms with van der Waals surface area (Å²) in [5.74, 6) is 0.470. The molecule has 6 nitrogen and oxygen atoms in total. The zero-order valence-corrected chi connectivity index (χ0v) is 13.4. The summed E-state index contributed by atoms with van der Waals surface area (Å²) in [4.78, 5) is 24.4. The van der Waals surface area contributed by atoms with Crippen LogP contribution in [0, 0.1) is 0 Å². The standard InChI is InChI=1S/C16H25N5O/c1-4-11(5-2)14-13(15(22)17-3)10-19-16(21-14)20-12-7-6-8-18-9-12/h10-12,18H,3-9H2,1-2H3,(H,19,20,21). The van der Waals surface area contributed by atoms with Crippen LogP contribution in [0.15, 0.2) is 11.2 Å². The van der Waals surface area contributed by atoms with Crippen molar-refractivity contribution in [2.24, 2.45) is 4.99 Å². The first-order valence-corrected chi connectivity index (χ1v) is 8.04. The van der Waals surface area contributed by atoms with Gasteiger partial charge in [0.05, 0.1) is 11.3 Å². The molecule has 2 N–H and O–H groups in total. The second-order valence-electron chi connectivity index (χ2n) is 5.66. The van der Waals surface area contributed by atoms with Crippen LogP contribution >= 0.6 is 0 Å². The van der Waals surface area contributed by atoms with E-state index in [1.165, 1.54) is 0 Å². The number of hydrogen-bond donors (Lipinski definition) is 2. The van der Waals surface area contributed by atoms with Crippen molar-refractivity contribution in [3.63, 3.8) is 0 Å². The van der Waals surface area contributed by atoms with Crippen LogP contribution in [0.1, 0.15) is 61.5 Å². The van der Waals surface area contributed by atoms with Gasteiger partial charge in [-0.3, -0.25) is 4.79 Å². The summed E-state index contributed by atoms with van der Waals surface area (Å²) in [5, 5.41) is 6.72. The topological polar surface area (TPSA) is 79.3 Å². The third-order valence-electron chi connectivity index (χ3n) is 4.19. The number of amides is 1.